The van der Waals surface area contributed by atoms with E-state index >= 15 is 0 Å². The molecule has 27 heavy (non-hydrogen) atoms. The van der Waals surface area contributed by atoms with Gasteiger partial charge in [0.25, 0.3) is 0 Å². The van der Waals surface area contributed by atoms with Gasteiger partial charge in [0.2, 0.25) is 0 Å². The summed E-state index contributed by atoms with van der Waals surface area (Å²) in [5.74, 6) is 5.56. The van der Waals surface area contributed by atoms with Crippen molar-refractivity contribution in [2.75, 3.05) is 13.7 Å². The van der Waals surface area contributed by atoms with E-state index in [1.54, 1.807) is 0 Å². The smallest absolute Gasteiger partial charge is 0.305 e. The number of hydrogen-bond acceptors (Lipinski definition) is 4. The zero-order valence-electron chi connectivity index (χ0n) is 16.6. The second-order valence-corrected chi connectivity index (χ2v) is 6.90. The lowest BCUT2D eigenvalue weighted by Gasteiger charge is -2.03. The molecule has 0 radical (unpaired) electrons. The summed E-state index contributed by atoms with van der Waals surface area (Å²) in [6.07, 6.45) is 9.99. The van der Waals surface area contributed by atoms with Crippen LogP contribution in [0.4, 0.5) is 0 Å². The minimum atomic E-state index is -0.716. The van der Waals surface area contributed by atoms with Gasteiger partial charge in [-0.15, -0.1) is 0 Å². The molecule has 0 saturated carbocycles. The van der Waals surface area contributed by atoms with E-state index in [0.29, 0.717) is 25.9 Å². The Hall–Kier alpha value is -1.83. The Labute approximate surface area is 163 Å². The third-order valence-corrected chi connectivity index (χ3v) is 4.55. The van der Waals surface area contributed by atoms with Crippen LogP contribution in [0, 0.1) is 11.8 Å². The molecule has 0 aromatic heterocycles. The van der Waals surface area contributed by atoms with Crippen LogP contribution in [0.15, 0.2) is 24.3 Å². The average Bonchev–Trinajstić information content (AvgIpc) is 2.69. The Morgan fingerprint density at radius 2 is 1.63 bits per heavy atom. The number of rotatable bonds is 13. The van der Waals surface area contributed by atoms with Crippen LogP contribution in [0.2, 0.25) is 0 Å². The van der Waals surface area contributed by atoms with Crippen molar-refractivity contribution in [1.82, 2.24) is 0 Å². The van der Waals surface area contributed by atoms with Crippen LogP contribution in [0.25, 0.3) is 0 Å². The van der Waals surface area contributed by atoms with Gasteiger partial charge in [-0.1, -0.05) is 56.1 Å². The first-order chi connectivity index (χ1) is 13.2. The van der Waals surface area contributed by atoms with E-state index in [4.69, 9.17) is 5.11 Å². The van der Waals surface area contributed by atoms with Crippen LogP contribution in [-0.2, 0) is 16.0 Å². The lowest BCUT2D eigenvalue weighted by atomic mass is 10.0. The van der Waals surface area contributed by atoms with Crippen molar-refractivity contribution in [3.8, 4) is 11.8 Å². The minimum absolute atomic E-state index is 0.257. The highest BCUT2D eigenvalue weighted by atomic mass is 16.5. The van der Waals surface area contributed by atoms with E-state index in [0.717, 1.165) is 24.8 Å². The van der Waals surface area contributed by atoms with E-state index in [2.05, 4.69) is 28.7 Å². The fraction of sp³-hybridized carbons (Fsp3) is 0.609. The summed E-state index contributed by atoms with van der Waals surface area (Å²) in [6.45, 7) is 0.314. The summed E-state index contributed by atoms with van der Waals surface area (Å²) in [5, 5.41) is 18.6. The van der Waals surface area contributed by atoms with E-state index in [9.17, 15) is 9.90 Å². The number of ether oxygens (including phenoxy) is 1. The third kappa shape index (κ3) is 12.2. The van der Waals surface area contributed by atoms with Crippen molar-refractivity contribution < 1.29 is 19.7 Å². The molecule has 4 heteroatoms. The normalized spacial score (nSPS) is 11.5. The zero-order chi connectivity index (χ0) is 19.7. The fourth-order valence-electron chi connectivity index (χ4n) is 2.86. The molecule has 0 fully saturated rings. The quantitative estimate of drug-likeness (QED) is 0.311. The predicted molar refractivity (Wildman–Crippen MR) is 108 cm³/mol. The van der Waals surface area contributed by atoms with Gasteiger partial charge in [-0.25, -0.2) is 0 Å². The highest BCUT2D eigenvalue weighted by Crippen LogP contribution is 2.11. The summed E-state index contributed by atoms with van der Waals surface area (Å²) in [5.41, 5.74) is 2.22. The van der Waals surface area contributed by atoms with Gasteiger partial charge in [0.1, 0.15) is 6.10 Å². The summed E-state index contributed by atoms with van der Waals surface area (Å²) in [6, 6.07) is 8.21. The van der Waals surface area contributed by atoms with Crippen molar-refractivity contribution in [2.24, 2.45) is 0 Å². The van der Waals surface area contributed by atoms with Gasteiger partial charge in [-0.3, -0.25) is 4.79 Å². The molecule has 0 bridgehead atoms. The number of unbranched alkanes of at least 4 members (excludes halogenated alkanes) is 6. The van der Waals surface area contributed by atoms with Crippen molar-refractivity contribution in [2.45, 2.75) is 76.7 Å². The molecule has 1 unspecified atom stereocenters. The number of carbonyl (C=O) groups is 1. The van der Waals surface area contributed by atoms with Crippen molar-refractivity contribution >= 4 is 5.97 Å². The number of aliphatic hydroxyl groups is 2. The van der Waals surface area contributed by atoms with E-state index < -0.39 is 6.10 Å². The van der Waals surface area contributed by atoms with Crippen molar-refractivity contribution in [1.29, 1.82) is 0 Å². The van der Waals surface area contributed by atoms with Gasteiger partial charge < -0.3 is 14.9 Å². The second-order valence-electron chi connectivity index (χ2n) is 6.90. The van der Waals surface area contributed by atoms with Gasteiger partial charge in [-0.2, -0.15) is 0 Å². The largest absolute Gasteiger partial charge is 0.469 e. The molecule has 1 aromatic carbocycles. The molecular formula is C23H34O4. The van der Waals surface area contributed by atoms with Gasteiger partial charge in [0, 0.05) is 18.6 Å². The molecule has 0 aliphatic rings. The summed E-state index contributed by atoms with van der Waals surface area (Å²) in [4.78, 5) is 11.0. The number of methoxy groups -OCH3 is 1. The van der Waals surface area contributed by atoms with Crippen molar-refractivity contribution in [3.05, 3.63) is 35.4 Å². The third-order valence-electron chi connectivity index (χ3n) is 4.55. The van der Waals surface area contributed by atoms with Gasteiger partial charge >= 0.3 is 5.97 Å². The summed E-state index contributed by atoms with van der Waals surface area (Å²) < 4.78 is 4.57. The summed E-state index contributed by atoms with van der Waals surface area (Å²) in [7, 11) is 1.36. The van der Waals surface area contributed by atoms with Gasteiger partial charge in [0.15, 0.2) is 0 Å². The molecule has 0 heterocycles. The standard InChI is InChI=1S/C23H34O4/c1-27-23(26)12-9-11-22(25)18-17-21-15-13-20(14-16-21)10-7-5-3-2-4-6-8-19-24/h13-16,22,24-25H,2-12,19H2,1H3. The van der Waals surface area contributed by atoms with Crippen LogP contribution >= 0.6 is 0 Å². The molecule has 2 N–H and O–H groups in total. The topological polar surface area (TPSA) is 66.8 Å². The Morgan fingerprint density at radius 1 is 1.00 bits per heavy atom. The SMILES string of the molecule is COC(=O)CCCC(O)C#Cc1ccc(CCCCCCCCCO)cc1. The summed E-state index contributed by atoms with van der Waals surface area (Å²) >= 11 is 0. The number of aryl methyl sites for hydroxylation is 1. The Balaban J connectivity index is 2.21. The van der Waals surface area contributed by atoms with Gasteiger partial charge in [-0.05, 0) is 49.8 Å². The maximum atomic E-state index is 11.0. The first-order valence-corrected chi connectivity index (χ1v) is 10.1. The van der Waals surface area contributed by atoms with Gasteiger partial charge in [0.05, 0.1) is 7.11 Å². The fourth-order valence-corrected chi connectivity index (χ4v) is 2.86. The Bertz CT molecular complexity index is 568. The molecule has 0 aliphatic heterocycles. The number of benzene rings is 1. The monoisotopic (exact) mass is 374 g/mol. The molecular weight excluding hydrogens is 340 g/mol. The van der Waals surface area contributed by atoms with Crippen LogP contribution in [0.1, 0.15) is 75.3 Å². The molecule has 1 rings (SSSR count). The number of hydrogen-bond donors (Lipinski definition) is 2. The van der Waals surface area contributed by atoms with Crippen molar-refractivity contribution in [3.63, 3.8) is 0 Å². The average molecular weight is 375 g/mol. The van der Waals surface area contributed by atoms with E-state index in [-0.39, 0.29) is 5.97 Å². The molecule has 0 saturated heterocycles. The zero-order valence-corrected chi connectivity index (χ0v) is 16.6. The Kier molecular flexibility index (Phi) is 13.1. The lowest BCUT2D eigenvalue weighted by molar-refractivity contribution is -0.140. The number of esters is 1. The predicted octanol–water partition coefficient (Wildman–Crippen LogP) is 4.01. The van der Waals surface area contributed by atoms with Crippen LogP contribution in [0.3, 0.4) is 0 Å². The van der Waals surface area contributed by atoms with Crippen LogP contribution < -0.4 is 0 Å². The molecule has 0 amide bonds. The van der Waals surface area contributed by atoms with Crippen LogP contribution in [0.5, 0.6) is 0 Å². The molecule has 1 atom stereocenters. The van der Waals surface area contributed by atoms with Crippen LogP contribution in [-0.4, -0.2) is 36.0 Å². The maximum Gasteiger partial charge on any atom is 0.305 e. The first-order valence-electron chi connectivity index (χ1n) is 10.1. The number of carbonyl (C=O) groups excluding carboxylic acids is 1. The lowest BCUT2D eigenvalue weighted by Crippen LogP contribution is -2.06. The Morgan fingerprint density at radius 3 is 2.26 bits per heavy atom. The molecule has 1 aromatic rings. The van der Waals surface area contributed by atoms with E-state index in [1.807, 2.05) is 12.1 Å². The highest BCUT2D eigenvalue weighted by Gasteiger charge is 2.03. The second kappa shape index (κ2) is 15.2. The molecule has 150 valence electrons. The molecule has 0 spiro atoms. The number of aliphatic hydroxyl groups excluding tert-OH is 2. The molecule has 0 aliphatic carbocycles. The first kappa shape index (κ1) is 23.2. The minimum Gasteiger partial charge on any atom is -0.469 e. The van der Waals surface area contributed by atoms with E-state index in [1.165, 1.54) is 44.8 Å². The highest BCUT2D eigenvalue weighted by molar-refractivity contribution is 5.69. The maximum absolute atomic E-state index is 11.0. The molecule has 4 nitrogen and oxygen atoms in total.